The summed E-state index contributed by atoms with van der Waals surface area (Å²) in [4.78, 5) is 60.8. The van der Waals surface area contributed by atoms with Crippen molar-refractivity contribution in [1.82, 2.24) is 25.0 Å². The molecule has 2 amide bonds. The number of pyridine rings is 1. The zero-order valence-electron chi connectivity index (χ0n) is 37.9. The molecule has 5 aromatic carbocycles. The van der Waals surface area contributed by atoms with Crippen LogP contribution in [0.4, 0.5) is 0 Å². The molecule has 3 saturated heterocycles. The Balaban J connectivity index is 0.710. The molecule has 1 spiro atoms. The van der Waals surface area contributed by atoms with Crippen molar-refractivity contribution in [2.75, 3.05) is 65.6 Å². The van der Waals surface area contributed by atoms with Gasteiger partial charge in [-0.1, -0.05) is 91.0 Å². The normalized spacial score (nSPS) is 17.2. The number of carbonyl (C=O) groups is 3. The largest absolute Gasteiger partial charge is 0.506 e. The molecule has 0 aliphatic carbocycles. The first-order valence-corrected chi connectivity index (χ1v) is 23.3. The van der Waals surface area contributed by atoms with E-state index in [1.165, 1.54) is 17.7 Å². The third-order valence-electron chi connectivity index (χ3n) is 13.6. The van der Waals surface area contributed by atoms with Gasteiger partial charge in [0.1, 0.15) is 11.5 Å². The van der Waals surface area contributed by atoms with Crippen LogP contribution in [0.1, 0.15) is 57.1 Å². The molecule has 2 unspecified atom stereocenters. The number of esters is 1. The Hall–Kier alpha value is -6.84. The van der Waals surface area contributed by atoms with Crippen LogP contribution < -0.4 is 15.6 Å². The summed E-state index contributed by atoms with van der Waals surface area (Å²) in [6, 6.07) is 39.3. The number of aliphatic hydroxyl groups excluding tert-OH is 1. The second-order valence-corrected chi connectivity index (χ2v) is 18.6. The number of amides is 2. The van der Waals surface area contributed by atoms with Gasteiger partial charge in [0.05, 0.1) is 18.2 Å². The van der Waals surface area contributed by atoms with Crippen LogP contribution >= 0.6 is 0 Å². The highest BCUT2D eigenvalue weighted by Crippen LogP contribution is 2.41. The van der Waals surface area contributed by atoms with Crippen molar-refractivity contribution in [3.63, 3.8) is 0 Å². The van der Waals surface area contributed by atoms with Gasteiger partial charge in [-0.05, 0) is 103 Å². The summed E-state index contributed by atoms with van der Waals surface area (Å²) in [6.45, 7) is 5.69. The molecule has 3 fully saturated rings. The number of benzene rings is 5. The molecule has 0 saturated carbocycles. The number of aromatic amines is 1. The summed E-state index contributed by atoms with van der Waals surface area (Å²) in [5.74, 6) is -0.553. The third kappa shape index (κ3) is 10.2. The molecule has 0 radical (unpaired) electrons. The smallest absolute Gasteiger partial charge is 0.347 e. The minimum atomic E-state index is -2.10. The number of aromatic hydroxyl groups is 1. The summed E-state index contributed by atoms with van der Waals surface area (Å²) in [7, 11) is 0. The maximum Gasteiger partial charge on any atom is 0.347 e. The number of ether oxygens (including phenoxy) is 2. The van der Waals surface area contributed by atoms with Crippen molar-refractivity contribution in [2.45, 2.75) is 37.5 Å². The molecule has 3 aliphatic rings. The molecule has 4 heterocycles. The number of hydrogen-bond donors (Lipinski definition) is 5. The van der Waals surface area contributed by atoms with E-state index in [4.69, 9.17) is 9.47 Å². The van der Waals surface area contributed by atoms with Gasteiger partial charge in [0, 0.05) is 67.3 Å². The summed E-state index contributed by atoms with van der Waals surface area (Å²) in [5.41, 5.74) is 1.85. The number of H-pyrrole nitrogens is 1. The Morgan fingerprint density at radius 1 is 0.794 bits per heavy atom. The lowest BCUT2D eigenvalue weighted by molar-refractivity contribution is -0.164. The molecule has 14 nitrogen and oxygen atoms in total. The second kappa shape index (κ2) is 20.2. The SMILES string of the molecule is O=C(COc1cccc(C(O)(C(=O)OCC2CCN(Cc3ccccc3)CC2)c2ccccc2)c1)N1CC2(C1)CN(C(=O)c1ccc(CCNCC(O)c3ccc(O)c4[nH]c(=O)ccc34)cc1)C2. The van der Waals surface area contributed by atoms with Crippen LogP contribution in [0.25, 0.3) is 10.9 Å². The van der Waals surface area contributed by atoms with Crippen LogP contribution in [0.3, 0.4) is 0 Å². The van der Waals surface area contributed by atoms with Crippen molar-refractivity contribution in [2.24, 2.45) is 11.3 Å². The molecule has 5 N–H and O–H groups in total. The number of phenolic OH excluding ortho intramolecular Hbond substituents is 1. The van der Waals surface area contributed by atoms with Crippen molar-refractivity contribution in [1.29, 1.82) is 0 Å². The Bertz CT molecular complexity index is 2780. The Kier molecular flexibility index (Phi) is 13.7. The van der Waals surface area contributed by atoms with Gasteiger partial charge in [0.2, 0.25) is 11.2 Å². The molecular weight excluding hydrogens is 863 g/mol. The molecule has 1 aromatic heterocycles. The van der Waals surface area contributed by atoms with Gasteiger partial charge in [-0.25, -0.2) is 4.79 Å². The Morgan fingerprint density at radius 3 is 2.22 bits per heavy atom. The van der Waals surface area contributed by atoms with Crippen molar-refractivity contribution in [3.8, 4) is 11.5 Å². The Labute approximate surface area is 394 Å². The maximum atomic E-state index is 13.9. The molecule has 0 bridgehead atoms. The van der Waals surface area contributed by atoms with Crippen LogP contribution in [-0.4, -0.2) is 118 Å². The number of fused-ring (bicyclic) bond motifs is 1. The first kappa shape index (κ1) is 46.3. The number of hydrogen-bond acceptors (Lipinski definition) is 11. The molecule has 6 aromatic rings. The monoisotopic (exact) mass is 919 g/mol. The number of likely N-dealkylation sites (tertiary alicyclic amines) is 3. The second-order valence-electron chi connectivity index (χ2n) is 18.6. The van der Waals surface area contributed by atoms with E-state index < -0.39 is 17.7 Å². The lowest BCUT2D eigenvalue weighted by Crippen LogP contribution is -2.74. The number of piperidine rings is 1. The summed E-state index contributed by atoms with van der Waals surface area (Å²) >= 11 is 0. The van der Waals surface area contributed by atoms with Crippen LogP contribution in [0.5, 0.6) is 11.5 Å². The quantitative estimate of drug-likeness (QED) is 0.0602. The van der Waals surface area contributed by atoms with E-state index in [1.807, 2.05) is 48.5 Å². The average Bonchev–Trinajstić information content (AvgIpc) is 3.34. The molecule has 2 atom stereocenters. The zero-order chi connectivity index (χ0) is 47.3. The van der Waals surface area contributed by atoms with Gasteiger partial charge in [-0.3, -0.25) is 19.3 Å². The molecule has 14 heteroatoms. The summed E-state index contributed by atoms with van der Waals surface area (Å²) in [5, 5.41) is 37.0. The van der Waals surface area contributed by atoms with Crippen molar-refractivity contribution in [3.05, 3.63) is 177 Å². The number of rotatable bonds is 17. The summed E-state index contributed by atoms with van der Waals surface area (Å²) in [6.07, 6.45) is 1.59. The fourth-order valence-electron chi connectivity index (χ4n) is 9.75. The van der Waals surface area contributed by atoms with E-state index >= 15 is 0 Å². The highest BCUT2D eigenvalue weighted by atomic mass is 16.6. The number of nitrogens with one attached hydrogen (secondary N) is 2. The van der Waals surface area contributed by atoms with Crippen LogP contribution in [-0.2, 0) is 32.9 Å². The predicted molar refractivity (Wildman–Crippen MR) is 256 cm³/mol. The minimum absolute atomic E-state index is 0.0573. The van der Waals surface area contributed by atoms with Gasteiger partial charge in [-0.15, -0.1) is 0 Å². The lowest BCUT2D eigenvalue weighted by Gasteiger charge is -2.60. The lowest BCUT2D eigenvalue weighted by atomic mass is 9.72. The average molecular weight is 920 g/mol. The van der Waals surface area contributed by atoms with Crippen molar-refractivity contribution < 1.29 is 39.2 Å². The highest BCUT2D eigenvalue weighted by Gasteiger charge is 2.54. The van der Waals surface area contributed by atoms with Gasteiger partial charge < -0.3 is 44.9 Å². The number of aromatic nitrogens is 1. The van der Waals surface area contributed by atoms with E-state index in [0.717, 1.165) is 38.0 Å². The van der Waals surface area contributed by atoms with E-state index in [9.17, 15) is 34.5 Å². The van der Waals surface area contributed by atoms with Crippen molar-refractivity contribution >= 4 is 28.7 Å². The van der Waals surface area contributed by atoms with Gasteiger partial charge >= 0.3 is 5.97 Å². The molecule has 352 valence electrons. The topological polar surface area (TPSA) is 185 Å². The van der Waals surface area contributed by atoms with Crippen LogP contribution in [0.2, 0.25) is 0 Å². The van der Waals surface area contributed by atoms with Gasteiger partial charge in [0.25, 0.3) is 11.8 Å². The first-order chi connectivity index (χ1) is 33.0. The van der Waals surface area contributed by atoms with E-state index in [0.29, 0.717) is 67.0 Å². The minimum Gasteiger partial charge on any atom is -0.506 e. The Morgan fingerprint density at radius 2 is 1.49 bits per heavy atom. The maximum absolute atomic E-state index is 13.9. The fourth-order valence-corrected chi connectivity index (χ4v) is 9.75. The van der Waals surface area contributed by atoms with E-state index in [-0.39, 0.29) is 65.3 Å². The first-order valence-electron chi connectivity index (χ1n) is 23.3. The number of carbonyl (C=O) groups excluding carboxylic acids is 3. The zero-order valence-corrected chi connectivity index (χ0v) is 37.9. The molecule has 9 rings (SSSR count). The number of phenols is 1. The van der Waals surface area contributed by atoms with Crippen LogP contribution in [0.15, 0.2) is 138 Å². The highest BCUT2D eigenvalue weighted by molar-refractivity contribution is 5.95. The number of nitrogens with zero attached hydrogens (tertiary/aromatic N) is 3. The molecular formula is C54H57N5O9. The standard InChI is InChI=1S/C54H57N5O9/c60-46-20-18-44(45-19-21-48(62)56-50(45)46)47(61)29-55-25-22-37-14-16-40(17-15-37)51(64)59-35-53(36-59)33-58(34-53)49(63)32-67-43-13-7-12-42(28-43)54(66,41-10-5-2-6-11-41)52(65)68-31-39-23-26-57(27-24-39)30-38-8-3-1-4-9-38/h1-21,28,39,47,55,60-61,66H,22-27,29-36H2,(H,56,62). The van der Waals surface area contributed by atoms with E-state index in [2.05, 4.69) is 27.3 Å². The van der Waals surface area contributed by atoms with E-state index in [1.54, 1.807) is 70.5 Å². The molecule has 68 heavy (non-hydrogen) atoms. The van der Waals surface area contributed by atoms with Crippen LogP contribution in [0, 0.1) is 11.3 Å². The third-order valence-corrected chi connectivity index (χ3v) is 13.6. The predicted octanol–water partition coefficient (Wildman–Crippen LogP) is 5.15. The fraction of sp³-hybridized carbons (Fsp3) is 0.333. The van der Waals surface area contributed by atoms with Gasteiger partial charge in [-0.2, -0.15) is 0 Å². The number of aliphatic hydroxyl groups is 2. The molecule has 3 aliphatic heterocycles. The summed E-state index contributed by atoms with van der Waals surface area (Å²) < 4.78 is 11.8. The van der Waals surface area contributed by atoms with Gasteiger partial charge in [0.15, 0.2) is 6.61 Å².